The van der Waals surface area contributed by atoms with Crippen LogP contribution < -0.4 is 4.72 Å². The molecule has 0 aliphatic carbocycles. The smallest absolute Gasteiger partial charge is 0.263 e. The Balaban J connectivity index is 1.78. The average molecular weight is 482 g/mol. The summed E-state index contributed by atoms with van der Waals surface area (Å²) in [5.41, 5.74) is -1.16. The Morgan fingerprint density at radius 1 is 1.23 bits per heavy atom. The van der Waals surface area contributed by atoms with Gasteiger partial charge in [0.2, 0.25) is 5.78 Å². The van der Waals surface area contributed by atoms with E-state index < -0.39 is 38.7 Å². The minimum absolute atomic E-state index is 0.0102. The second-order valence-corrected chi connectivity index (χ2v) is 10.3. The first-order chi connectivity index (χ1) is 14.6. The zero-order valence-corrected chi connectivity index (χ0v) is 18.5. The fourth-order valence-corrected chi connectivity index (χ4v) is 5.99. The summed E-state index contributed by atoms with van der Waals surface area (Å²) in [6, 6.07) is 4.66. The molecule has 2 N–H and O–H groups in total. The molecule has 0 amide bonds. The van der Waals surface area contributed by atoms with Crippen LogP contribution >= 0.6 is 22.9 Å². The van der Waals surface area contributed by atoms with E-state index in [1.807, 2.05) is 0 Å². The Labute approximate surface area is 184 Å². The number of aryl methyl sites for hydroxylation is 2. The molecular weight excluding hydrogens is 468 g/mol. The van der Waals surface area contributed by atoms with Gasteiger partial charge in [0, 0.05) is 33.1 Å². The summed E-state index contributed by atoms with van der Waals surface area (Å²) < 4.78 is 57.2. The molecule has 6 nitrogen and oxygen atoms in total. The van der Waals surface area contributed by atoms with Crippen molar-refractivity contribution in [3.05, 3.63) is 74.2 Å². The number of H-pyrrole nitrogens is 1. The lowest BCUT2D eigenvalue weighted by molar-refractivity contribution is 0.103. The van der Waals surface area contributed by atoms with E-state index in [1.165, 1.54) is 35.9 Å². The summed E-state index contributed by atoms with van der Waals surface area (Å²) in [7, 11) is -4.14. The van der Waals surface area contributed by atoms with Crippen LogP contribution in [0.1, 0.15) is 25.7 Å². The number of benzene rings is 1. The Morgan fingerprint density at radius 3 is 2.65 bits per heavy atom. The first-order valence-corrected chi connectivity index (χ1v) is 11.5. The number of halogens is 3. The monoisotopic (exact) mass is 481 g/mol. The van der Waals surface area contributed by atoms with Gasteiger partial charge in [0.05, 0.1) is 16.3 Å². The number of sulfonamides is 1. The zero-order valence-electron chi connectivity index (χ0n) is 16.1. The molecule has 0 radical (unpaired) electrons. The Bertz CT molecular complexity index is 1460. The molecule has 0 aliphatic heterocycles. The highest BCUT2D eigenvalue weighted by molar-refractivity contribution is 7.93. The predicted molar refractivity (Wildman–Crippen MR) is 115 cm³/mol. The molecule has 0 saturated heterocycles. The third-order valence-electron chi connectivity index (χ3n) is 4.59. The number of thiophene rings is 1. The molecule has 0 fully saturated rings. The summed E-state index contributed by atoms with van der Waals surface area (Å²) in [4.78, 5) is 21.0. The van der Waals surface area contributed by atoms with Gasteiger partial charge in [-0.1, -0.05) is 11.6 Å². The van der Waals surface area contributed by atoms with E-state index in [0.29, 0.717) is 10.5 Å². The largest absolute Gasteiger partial charge is 0.345 e. The van der Waals surface area contributed by atoms with Crippen LogP contribution in [0.25, 0.3) is 11.0 Å². The van der Waals surface area contributed by atoms with Gasteiger partial charge in [0.1, 0.15) is 16.4 Å². The molecule has 3 heterocycles. The van der Waals surface area contributed by atoms with Crippen molar-refractivity contribution in [3.63, 3.8) is 0 Å². The van der Waals surface area contributed by atoms with Crippen molar-refractivity contribution >= 4 is 55.5 Å². The molecule has 0 bridgehead atoms. The number of nitrogens with one attached hydrogen (secondary N) is 2. The quantitative estimate of drug-likeness (QED) is 0.383. The van der Waals surface area contributed by atoms with Gasteiger partial charge in [-0.2, -0.15) is 0 Å². The van der Waals surface area contributed by atoms with E-state index in [2.05, 4.69) is 14.7 Å². The van der Waals surface area contributed by atoms with Crippen LogP contribution in [-0.4, -0.2) is 24.2 Å². The number of aromatic nitrogens is 2. The second kappa shape index (κ2) is 7.70. The van der Waals surface area contributed by atoms with E-state index in [-0.39, 0.29) is 20.9 Å². The van der Waals surface area contributed by atoms with Crippen LogP contribution in [0.15, 0.2) is 41.6 Å². The highest BCUT2D eigenvalue weighted by atomic mass is 35.5. The molecule has 4 rings (SSSR count). The van der Waals surface area contributed by atoms with Crippen molar-refractivity contribution in [2.45, 2.75) is 18.7 Å². The number of hydrogen-bond donors (Lipinski definition) is 2. The number of fused-ring (bicyclic) bond motifs is 1. The number of anilines is 1. The Hall–Kier alpha value is -2.82. The van der Waals surface area contributed by atoms with Gasteiger partial charge in [0.15, 0.2) is 5.82 Å². The van der Waals surface area contributed by atoms with Crippen molar-refractivity contribution in [2.75, 3.05) is 4.72 Å². The first kappa shape index (κ1) is 21.4. The fourth-order valence-electron chi connectivity index (χ4n) is 3.21. The van der Waals surface area contributed by atoms with Gasteiger partial charge >= 0.3 is 0 Å². The summed E-state index contributed by atoms with van der Waals surface area (Å²) in [5.74, 6) is -3.42. The topological polar surface area (TPSA) is 91.9 Å². The molecule has 31 heavy (non-hydrogen) atoms. The average Bonchev–Trinajstić information content (AvgIpc) is 3.26. The number of carbonyl (C=O) groups is 1. The van der Waals surface area contributed by atoms with Crippen LogP contribution in [0.3, 0.4) is 0 Å². The van der Waals surface area contributed by atoms with Crippen LogP contribution in [0.4, 0.5) is 14.5 Å². The molecule has 4 aromatic rings. The maximum atomic E-state index is 15.2. The number of hydrogen-bond acceptors (Lipinski definition) is 5. The molecule has 0 spiro atoms. The third-order valence-corrected chi connectivity index (χ3v) is 7.38. The van der Waals surface area contributed by atoms with E-state index in [1.54, 1.807) is 13.8 Å². The molecule has 0 atom stereocenters. The lowest BCUT2D eigenvalue weighted by Gasteiger charge is -2.12. The predicted octanol–water partition coefficient (Wildman–Crippen LogP) is 5.20. The van der Waals surface area contributed by atoms with E-state index in [9.17, 15) is 17.6 Å². The number of pyridine rings is 1. The summed E-state index contributed by atoms with van der Waals surface area (Å²) in [6.45, 7) is 3.37. The lowest BCUT2D eigenvalue weighted by Crippen LogP contribution is -2.16. The number of nitrogens with zero attached hydrogens (tertiary/aromatic N) is 1. The Morgan fingerprint density at radius 2 is 1.97 bits per heavy atom. The van der Waals surface area contributed by atoms with Gasteiger partial charge < -0.3 is 4.98 Å². The summed E-state index contributed by atoms with van der Waals surface area (Å²) in [6.07, 6.45) is 2.63. The molecule has 0 saturated carbocycles. The van der Waals surface area contributed by atoms with Crippen molar-refractivity contribution in [2.24, 2.45) is 0 Å². The third kappa shape index (κ3) is 3.82. The van der Waals surface area contributed by atoms with Gasteiger partial charge in [-0.05, 0) is 38.1 Å². The molecule has 1 aromatic carbocycles. The standard InChI is InChI=1S/C20H14ClF2N3O3S2/c1-9-5-16(10(2)30-9)31(28,29)26-15-4-3-14(22)17(18(15)23)19(27)13-8-25-20-12(13)6-11(21)7-24-20/h3-8,26H,1-2H3,(H,24,25). The summed E-state index contributed by atoms with van der Waals surface area (Å²) >= 11 is 7.19. The molecular formula is C20H14ClF2N3O3S2. The highest BCUT2D eigenvalue weighted by Crippen LogP contribution is 2.31. The number of ketones is 1. The SMILES string of the molecule is Cc1cc(S(=O)(=O)Nc2ccc(F)c(C(=O)c3c[nH]c4ncc(Cl)cc34)c2F)c(C)s1. The van der Waals surface area contributed by atoms with Crippen molar-refractivity contribution < 1.29 is 22.0 Å². The van der Waals surface area contributed by atoms with Crippen LogP contribution in [0, 0.1) is 25.5 Å². The van der Waals surface area contributed by atoms with Crippen LogP contribution in [-0.2, 0) is 10.0 Å². The highest BCUT2D eigenvalue weighted by Gasteiger charge is 2.27. The van der Waals surface area contributed by atoms with Crippen molar-refractivity contribution in [1.29, 1.82) is 0 Å². The lowest BCUT2D eigenvalue weighted by atomic mass is 10.0. The molecule has 0 aliphatic rings. The van der Waals surface area contributed by atoms with Crippen molar-refractivity contribution in [3.8, 4) is 0 Å². The number of rotatable bonds is 5. The first-order valence-electron chi connectivity index (χ1n) is 8.83. The van der Waals surface area contributed by atoms with E-state index >= 15 is 4.39 Å². The minimum Gasteiger partial charge on any atom is -0.345 e. The van der Waals surface area contributed by atoms with Crippen molar-refractivity contribution in [1.82, 2.24) is 9.97 Å². The molecule has 0 unspecified atom stereocenters. The van der Waals surface area contributed by atoms with Gasteiger partial charge in [0.25, 0.3) is 10.0 Å². The molecule has 3 aromatic heterocycles. The van der Waals surface area contributed by atoms with Gasteiger partial charge in [-0.25, -0.2) is 22.2 Å². The van der Waals surface area contributed by atoms with E-state index in [0.717, 1.165) is 17.0 Å². The normalized spacial score (nSPS) is 11.8. The van der Waals surface area contributed by atoms with Gasteiger partial charge in [-0.3, -0.25) is 9.52 Å². The number of aromatic amines is 1. The zero-order chi connectivity index (χ0) is 22.5. The van der Waals surface area contributed by atoms with Crippen LogP contribution in [0.5, 0.6) is 0 Å². The maximum Gasteiger partial charge on any atom is 0.263 e. The van der Waals surface area contributed by atoms with E-state index in [4.69, 9.17) is 11.6 Å². The molecule has 160 valence electrons. The maximum absolute atomic E-state index is 15.2. The van der Waals surface area contributed by atoms with Gasteiger partial charge in [-0.15, -0.1) is 11.3 Å². The Kier molecular flexibility index (Phi) is 5.32. The molecule has 11 heteroatoms. The number of carbonyl (C=O) groups excluding carboxylic acids is 1. The minimum atomic E-state index is -4.14. The van der Waals surface area contributed by atoms with Crippen LogP contribution in [0.2, 0.25) is 5.02 Å². The fraction of sp³-hybridized carbons (Fsp3) is 0.100. The second-order valence-electron chi connectivity index (χ2n) is 6.75. The summed E-state index contributed by atoms with van der Waals surface area (Å²) in [5, 5.41) is 0.525.